The molecule has 0 fully saturated rings. The molecule has 0 aliphatic heterocycles. The smallest absolute Gasteiger partial charge is 0.0990 e. The zero-order chi connectivity index (χ0) is 9.97. The highest BCUT2D eigenvalue weighted by atomic mass is 19.1. The highest BCUT2D eigenvalue weighted by molar-refractivity contribution is 5.74. The molecule has 2 aromatic rings. The number of nitrogens with zero attached hydrogens (tertiary/aromatic N) is 2. The molecule has 1 heterocycles. The molecule has 0 amide bonds. The largest absolute Gasteiger partial charge is 0.252 e. The molecular weight excluding hydrogens is 179 g/mol. The summed E-state index contributed by atoms with van der Waals surface area (Å²) < 4.78 is 12.6. The fourth-order valence-electron chi connectivity index (χ4n) is 1.24. The summed E-state index contributed by atoms with van der Waals surface area (Å²) in [5.74, 6) is -0.269. The molecule has 70 valence electrons. The van der Waals surface area contributed by atoms with Crippen molar-refractivity contribution >= 4 is 17.1 Å². The van der Waals surface area contributed by atoms with Crippen LogP contribution in [0.4, 0.5) is 4.39 Å². The van der Waals surface area contributed by atoms with Crippen LogP contribution in [-0.4, -0.2) is 9.97 Å². The Balaban J connectivity index is 2.57. The molecule has 3 heteroatoms. The molecule has 14 heavy (non-hydrogen) atoms. The molecule has 0 bridgehead atoms. The van der Waals surface area contributed by atoms with E-state index < -0.39 is 0 Å². The summed E-state index contributed by atoms with van der Waals surface area (Å²) in [4.78, 5) is 8.40. The van der Waals surface area contributed by atoms with Crippen molar-refractivity contribution in [2.45, 2.75) is 6.92 Å². The number of benzene rings is 1. The number of hydrogen-bond donors (Lipinski definition) is 0. The molecule has 0 radical (unpaired) electrons. The van der Waals surface area contributed by atoms with Crippen LogP contribution in [0.5, 0.6) is 0 Å². The van der Waals surface area contributed by atoms with Crippen molar-refractivity contribution in [3.8, 4) is 0 Å². The van der Waals surface area contributed by atoms with Gasteiger partial charge < -0.3 is 0 Å². The molecule has 1 aromatic carbocycles. The molecular formula is C11H9FN2. The van der Waals surface area contributed by atoms with Gasteiger partial charge in [0, 0.05) is 0 Å². The lowest BCUT2D eigenvalue weighted by Gasteiger charge is -1.97. The van der Waals surface area contributed by atoms with E-state index in [0.29, 0.717) is 5.69 Å². The van der Waals surface area contributed by atoms with Crippen LogP contribution in [0.15, 0.2) is 36.3 Å². The van der Waals surface area contributed by atoms with Crippen LogP contribution in [0.1, 0.15) is 12.6 Å². The normalized spacial score (nSPS) is 12.0. The number of aromatic nitrogens is 2. The maximum absolute atomic E-state index is 12.6. The van der Waals surface area contributed by atoms with Crippen molar-refractivity contribution in [2.75, 3.05) is 0 Å². The summed E-state index contributed by atoms with van der Waals surface area (Å²) in [5.41, 5.74) is 2.15. The fraction of sp³-hybridized carbons (Fsp3) is 0.0909. The van der Waals surface area contributed by atoms with Crippen molar-refractivity contribution in [1.82, 2.24) is 9.97 Å². The quantitative estimate of drug-likeness (QED) is 0.687. The Kier molecular flexibility index (Phi) is 2.23. The first-order valence-corrected chi connectivity index (χ1v) is 4.31. The summed E-state index contributed by atoms with van der Waals surface area (Å²) in [6, 6.07) is 7.51. The Morgan fingerprint density at radius 3 is 2.71 bits per heavy atom. The third kappa shape index (κ3) is 1.76. The average molecular weight is 188 g/mol. The lowest BCUT2D eigenvalue weighted by atomic mass is 10.3. The van der Waals surface area contributed by atoms with Crippen molar-refractivity contribution in [3.05, 3.63) is 42.0 Å². The van der Waals surface area contributed by atoms with Gasteiger partial charge in [0.2, 0.25) is 0 Å². The van der Waals surface area contributed by atoms with Crippen LogP contribution in [0.3, 0.4) is 0 Å². The number of para-hydroxylation sites is 2. The fourth-order valence-corrected chi connectivity index (χ4v) is 1.24. The predicted molar refractivity (Wildman–Crippen MR) is 54.3 cm³/mol. The summed E-state index contributed by atoms with van der Waals surface area (Å²) in [5, 5.41) is 0. The van der Waals surface area contributed by atoms with E-state index in [1.165, 1.54) is 13.0 Å². The SMILES string of the molecule is C/C(F)=C/c1cnc2ccccc2n1. The van der Waals surface area contributed by atoms with Crippen LogP contribution in [0, 0.1) is 0 Å². The van der Waals surface area contributed by atoms with E-state index in [4.69, 9.17) is 0 Å². The van der Waals surface area contributed by atoms with Crippen molar-refractivity contribution < 1.29 is 4.39 Å². The van der Waals surface area contributed by atoms with Crippen LogP contribution < -0.4 is 0 Å². The Morgan fingerprint density at radius 1 is 1.29 bits per heavy atom. The van der Waals surface area contributed by atoms with Crippen LogP contribution >= 0.6 is 0 Å². The maximum Gasteiger partial charge on any atom is 0.0990 e. The number of allylic oxidation sites excluding steroid dienone is 1. The Bertz CT molecular complexity index is 487. The summed E-state index contributed by atoms with van der Waals surface area (Å²) in [7, 11) is 0. The van der Waals surface area contributed by atoms with Gasteiger partial charge in [0.05, 0.1) is 28.8 Å². The number of fused-ring (bicyclic) bond motifs is 1. The van der Waals surface area contributed by atoms with Crippen LogP contribution in [0.25, 0.3) is 17.1 Å². The van der Waals surface area contributed by atoms with E-state index in [0.717, 1.165) is 11.0 Å². The summed E-state index contributed by atoms with van der Waals surface area (Å²) >= 11 is 0. The molecule has 0 N–H and O–H groups in total. The molecule has 0 saturated carbocycles. The van der Waals surface area contributed by atoms with E-state index in [1.807, 2.05) is 24.3 Å². The first kappa shape index (κ1) is 8.81. The monoisotopic (exact) mass is 188 g/mol. The van der Waals surface area contributed by atoms with Gasteiger partial charge >= 0.3 is 0 Å². The Morgan fingerprint density at radius 2 is 2.00 bits per heavy atom. The van der Waals surface area contributed by atoms with Crippen molar-refractivity contribution in [1.29, 1.82) is 0 Å². The zero-order valence-electron chi connectivity index (χ0n) is 7.74. The van der Waals surface area contributed by atoms with E-state index in [9.17, 15) is 4.39 Å². The molecule has 2 nitrogen and oxygen atoms in total. The molecule has 0 atom stereocenters. The van der Waals surface area contributed by atoms with Gasteiger partial charge in [-0.1, -0.05) is 12.1 Å². The zero-order valence-corrected chi connectivity index (χ0v) is 7.74. The highest BCUT2D eigenvalue weighted by Crippen LogP contribution is 2.10. The number of rotatable bonds is 1. The van der Waals surface area contributed by atoms with Crippen LogP contribution in [0.2, 0.25) is 0 Å². The maximum atomic E-state index is 12.6. The van der Waals surface area contributed by atoms with Gasteiger partial charge in [-0.3, -0.25) is 4.98 Å². The number of hydrogen-bond acceptors (Lipinski definition) is 2. The van der Waals surface area contributed by atoms with Gasteiger partial charge in [-0.15, -0.1) is 0 Å². The minimum Gasteiger partial charge on any atom is -0.252 e. The van der Waals surface area contributed by atoms with E-state index in [-0.39, 0.29) is 5.83 Å². The van der Waals surface area contributed by atoms with Crippen molar-refractivity contribution in [3.63, 3.8) is 0 Å². The van der Waals surface area contributed by atoms with Crippen LogP contribution in [-0.2, 0) is 0 Å². The first-order valence-electron chi connectivity index (χ1n) is 4.31. The lowest BCUT2D eigenvalue weighted by molar-refractivity contribution is 0.648. The summed E-state index contributed by atoms with van der Waals surface area (Å²) in [6.07, 6.45) is 2.92. The topological polar surface area (TPSA) is 25.8 Å². The van der Waals surface area contributed by atoms with E-state index in [1.54, 1.807) is 6.20 Å². The minimum atomic E-state index is -0.269. The second-order valence-corrected chi connectivity index (χ2v) is 3.01. The van der Waals surface area contributed by atoms with Gasteiger partial charge in [-0.2, -0.15) is 0 Å². The highest BCUT2D eigenvalue weighted by Gasteiger charge is 1.96. The molecule has 0 spiro atoms. The third-order valence-electron chi connectivity index (χ3n) is 1.81. The van der Waals surface area contributed by atoms with E-state index in [2.05, 4.69) is 9.97 Å². The summed E-state index contributed by atoms with van der Waals surface area (Å²) in [6.45, 7) is 1.39. The molecule has 1 aromatic heterocycles. The molecule has 0 aliphatic carbocycles. The molecule has 0 aliphatic rings. The predicted octanol–water partition coefficient (Wildman–Crippen LogP) is 2.96. The van der Waals surface area contributed by atoms with Gasteiger partial charge in [0.25, 0.3) is 0 Å². The third-order valence-corrected chi connectivity index (χ3v) is 1.81. The number of halogens is 1. The van der Waals surface area contributed by atoms with Gasteiger partial charge in [-0.25, -0.2) is 9.37 Å². The second kappa shape index (κ2) is 3.54. The minimum absolute atomic E-state index is 0.269. The molecule has 2 rings (SSSR count). The Labute approximate surface area is 81.1 Å². The van der Waals surface area contributed by atoms with Gasteiger partial charge in [0.15, 0.2) is 0 Å². The second-order valence-electron chi connectivity index (χ2n) is 3.01. The van der Waals surface area contributed by atoms with E-state index >= 15 is 0 Å². The first-order chi connectivity index (χ1) is 6.75. The standard InChI is InChI=1S/C11H9FN2/c1-8(12)6-9-7-13-10-4-2-3-5-11(10)14-9/h2-7H,1H3/b8-6-. The Hall–Kier alpha value is -1.77. The average Bonchev–Trinajstić information content (AvgIpc) is 2.17. The lowest BCUT2D eigenvalue weighted by Crippen LogP contribution is -1.86. The molecule has 0 unspecified atom stereocenters. The van der Waals surface area contributed by atoms with Gasteiger partial charge in [-0.05, 0) is 25.1 Å². The molecule has 0 saturated heterocycles. The van der Waals surface area contributed by atoms with Crippen molar-refractivity contribution in [2.24, 2.45) is 0 Å². The van der Waals surface area contributed by atoms with Gasteiger partial charge in [0.1, 0.15) is 0 Å².